The Morgan fingerprint density at radius 1 is 1.47 bits per heavy atom. The van der Waals surface area contributed by atoms with E-state index in [2.05, 4.69) is 22.2 Å². The molecule has 100 valence electrons. The van der Waals surface area contributed by atoms with Crippen molar-refractivity contribution in [1.29, 1.82) is 0 Å². The van der Waals surface area contributed by atoms with Gasteiger partial charge in [-0.1, -0.05) is 19.1 Å². The maximum atomic E-state index is 5.27. The minimum Gasteiger partial charge on any atom is -0.496 e. The number of nitrogens with one attached hydrogen (secondary N) is 1. The highest BCUT2D eigenvalue weighted by Gasteiger charge is 2.04. The number of benzene rings is 1. The van der Waals surface area contributed by atoms with Gasteiger partial charge >= 0.3 is 0 Å². The number of methoxy groups -OCH3 is 1. The van der Waals surface area contributed by atoms with Crippen LogP contribution in [0.25, 0.3) is 0 Å². The van der Waals surface area contributed by atoms with Crippen LogP contribution in [0.4, 0.5) is 0 Å². The molecule has 1 aromatic heterocycles. The molecule has 1 heterocycles. The van der Waals surface area contributed by atoms with Crippen LogP contribution in [0.1, 0.15) is 24.7 Å². The molecular weight excluding hydrogens is 260 g/mol. The second kappa shape index (κ2) is 6.29. The SMILES string of the molecule is CCCc1n[nH]c(=S)n1/N=C/c1ccccc1OC. The van der Waals surface area contributed by atoms with Crippen LogP contribution >= 0.6 is 12.2 Å². The molecule has 19 heavy (non-hydrogen) atoms. The van der Waals surface area contributed by atoms with Crippen molar-refractivity contribution in [3.05, 3.63) is 40.4 Å². The lowest BCUT2D eigenvalue weighted by Gasteiger charge is -2.03. The molecule has 0 saturated heterocycles. The third-order valence-corrected chi connectivity index (χ3v) is 2.91. The fourth-order valence-electron chi connectivity index (χ4n) is 1.72. The summed E-state index contributed by atoms with van der Waals surface area (Å²) in [6, 6.07) is 7.68. The first-order valence-electron chi connectivity index (χ1n) is 6.10. The molecule has 0 aliphatic rings. The number of aromatic nitrogens is 3. The Labute approximate surface area is 116 Å². The predicted octanol–water partition coefficient (Wildman–Crippen LogP) is 2.78. The molecule has 1 aromatic carbocycles. The Hall–Kier alpha value is -1.95. The lowest BCUT2D eigenvalue weighted by molar-refractivity contribution is 0.414. The number of rotatable bonds is 5. The number of hydrogen-bond donors (Lipinski definition) is 1. The van der Waals surface area contributed by atoms with Crippen molar-refractivity contribution in [2.24, 2.45) is 5.10 Å². The largest absolute Gasteiger partial charge is 0.496 e. The van der Waals surface area contributed by atoms with Crippen molar-refractivity contribution in [3.63, 3.8) is 0 Å². The highest BCUT2D eigenvalue weighted by molar-refractivity contribution is 7.71. The first-order valence-corrected chi connectivity index (χ1v) is 6.50. The molecule has 0 aliphatic carbocycles. The van der Waals surface area contributed by atoms with Crippen LogP contribution in [0, 0.1) is 4.77 Å². The van der Waals surface area contributed by atoms with E-state index >= 15 is 0 Å². The van der Waals surface area contributed by atoms with E-state index in [1.165, 1.54) is 0 Å². The van der Waals surface area contributed by atoms with Gasteiger partial charge in [0, 0.05) is 12.0 Å². The molecule has 2 rings (SSSR count). The summed E-state index contributed by atoms with van der Waals surface area (Å²) < 4.78 is 7.41. The van der Waals surface area contributed by atoms with E-state index in [4.69, 9.17) is 17.0 Å². The molecule has 0 atom stereocenters. The zero-order valence-corrected chi connectivity index (χ0v) is 11.8. The highest BCUT2D eigenvalue weighted by atomic mass is 32.1. The van der Waals surface area contributed by atoms with Crippen LogP contribution in [-0.4, -0.2) is 28.2 Å². The highest BCUT2D eigenvalue weighted by Crippen LogP contribution is 2.15. The summed E-state index contributed by atoms with van der Waals surface area (Å²) in [5, 5.41) is 11.3. The number of para-hydroxylation sites is 1. The van der Waals surface area contributed by atoms with E-state index in [0.29, 0.717) is 4.77 Å². The zero-order chi connectivity index (χ0) is 13.7. The first-order chi connectivity index (χ1) is 9.26. The van der Waals surface area contributed by atoms with Gasteiger partial charge in [-0.25, -0.2) is 0 Å². The van der Waals surface area contributed by atoms with E-state index in [0.717, 1.165) is 30.0 Å². The Morgan fingerprint density at radius 2 is 2.26 bits per heavy atom. The Kier molecular flexibility index (Phi) is 4.46. The van der Waals surface area contributed by atoms with Crippen LogP contribution < -0.4 is 4.74 Å². The van der Waals surface area contributed by atoms with Crippen molar-refractivity contribution >= 4 is 18.4 Å². The fraction of sp³-hybridized carbons (Fsp3) is 0.308. The molecule has 1 N–H and O–H groups in total. The number of aromatic amines is 1. The summed E-state index contributed by atoms with van der Waals surface area (Å²) in [5.74, 6) is 1.61. The normalized spacial score (nSPS) is 11.1. The third-order valence-electron chi connectivity index (χ3n) is 2.64. The van der Waals surface area contributed by atoms with Crippen LogP contribution in [0.15, 0.2) is 29.4 Å². The average molecular weight is 276 g/mol. The van der Waals surface area contributed by atoms with Gasteiger partial charge in [0.1, 0.15) is 5.75 Å². The van der Waals surface area contributed by atoms with Gasteiger partial charge in [0.05, 0.1) is 13.3 Å². The molecule has 2 aromatic rings. The minimum atomic E-state index is 0.495. The quantitative estimate of drug-likeness (QED) is 0.675. The average Bonchev–Trinajstić information content (AvgIpc) is 2.78. The van der Waals surface area contributed by atoms with E-state index in [1.54, 1.807) is 18.0 Å². The molecular formula is C13H16N4OS. The summed E-state index contributed by atoms with van der Waals surface area (Å²) in [7, 11) is 1.64. The van der Waals surface area contributed by atoms with Crippen molar-refractivity contribution in [2.45, 2.75) is 19.8 Å². The summed E-state index contributed by atoms with van der Waals surface area (Å²) >= 11 is 5.16. The first kappa shape index (κ1) is 13.5. The van der Waals surface area contributed by atoms with E-state index in [-0.39, 0.29) is 0 Å². The molecule has 0 unspecified atom stereocenters. The predicted molar refractivity (Wildman–Crippen MR) is 77.4 cm³/mol. The maximum absolute atomic E-state index is 5.27. The molecule has 0 aliphatic heterocycles. The van der Waals surface area contributed by atoms with Crippen molar-refractivity contribution < 1.29 is 4.74 Å². The smallest absolute Gasteiger partial charge is 0.216 e. The monoisotopic (exact) mass is 276 g/mol. The van der Waals surface area contributed by atoms with Gasteiger partial charge in [-0.2, -0.15) is 14.9 Å². The summed E-state index contributed by atoms with van der Waals surface area (Å²) in [4.78, 5) is 0. The molecule has 0 radical (unpaired) electrons. The van der Waals surface area contributed by atoms with Gasteiger partial charge in [-0.15, -0.1) is 0 Å². The maximum Gasteiger partial charge on any atom is 0.216 e. The standard InChI is InChI=1S/C13H16N4OS/c1-3-6-12-15-16-13(19)17(12)14-9-10-7-4-5-8-11(10)18-2/h4-5,7-9H,3,6H2,1-2H3,(H,16,19)/b14-9+. The molecule has 0 fully saturated rings. The Bertz CT molecular complexity index is 630. The van der Waals surface area contributed by atoms with Gasteiger partial charge in [0.15, 0.2) is 5.82 Å². The molecule has 0 spiro atoms. The van der Waals surface area contributed by atoms with Crippen molar-refractivity contribution in [1.82, 2.24) is 14.9 Å². The van der Waals surface area contributed by atoms with Gasteiger partial charge in [-0.3, -0.25) is 5.10 Å². The Balaban J connectivity index is 2.32. The zero-order valence-electron chi connectivity index (χ0n) is 11.0. The molecule has 6 heteroatoms. The number of nitrogens with zero attached hydrogens (tertiary/aromatic N) is 3. The summed E-state index contributed by atoms with van der Waals surface area (Å²) in [6.45, 7) is 2.09. The number of H-pyrrole nitrogens is 1. The van der Waals surface area contributed by atoms with Crippen molar-refractivity contribution in [2.75, 3.05) is 7.11 Å². The molecule has 0 bridgehead atoms. The van der Waals surface area contributed by atoms with E-state index in [1.807, 2.05) is 24.3 Å². The Morgan fingerprint density at radius 3 is 3.00 bits per heavy atom. The van der Waals surface area contributed by atoms with Crippen LogP contribution in [0.3, 0.4) is 0 Å². The van der Waals surface area contributed by atoms with Crippen LogP contribution in [0.2, 0.25) is 0 Å². The lowest BCUT2D eigenvalue weighted by Crippen LogP contribution is -1.99. The van der Waals surface area contributed by atoms with Gasteiger partial charge in [0.2, 0.25) is 4.77 Å². The van der Waals surface area contributed by atoms with Crippen molar-refractivity contribution in [3.8, 4) is 5.75 Å². The van der Waals surface area contributed by atoms with Crippen LogP contribution in [0.5, 0.6) is 5.75 Å². The van der Waals surface area contributed by atoms with Gasteiger partial charge < -0.3 is 4.74 Å². The third kappa shape index (κ3) is 3.08. The van der Waals surface area contributed by atoms with E-state index in [9.17, 15) is 0 Å². The topological polar surface area (TPSA) is 55.2 Å². The second-order valence-electron chi connectivity index (χ2n) is 3.99. The molecule has 0 amide bonds. The van der Waals surface area contributed by atoms with Gasteiger partial charge in [-0.05, 0) is 30.8 Å². The second-order valence-corrected chi connectivity index (χ2v) is 4.38. The summed E-state index contributed by atoms with van der Waals surface area (Å²) in [5.41, 5.74) is 0.899. The van der Waals surface area contributed by atoms with Gasteiger partial charge in [0.25, 0.3) is 0 Å². The number of aryl methyl sites for hydroxylation is 1. The molecule has 0 saturated carbocycles. The number of hydrogen-bond acceptors (Lipinski definition) is 4. The minimum absolute atomic E-state index is 0.495. The lowest BCUT2D eigenvalue weighted by atomic mass is 10.2. The summed E-state index contributed by atoms with van der Waals surface area (Å²) in [6.07, 6.45) is 3.55. The number of ether oxygens (including phenoxy) is 1. The molecule has 5 nitrogen and oxygen atoms in total. The van der Waals surface area contributed by atoms with Crippen LogP contribution in [-0.2, 0) is 6.42 Å². The van der Waals surface area contributed by atoms with E-state index < -0.39 is 0 Å². The fourth-order valence-corrected chi connectivity index (χ4v) is 1.92.